The van der Waals surface area contributed by atoms with E-state index >= 15 is 0 Å². The highest BCUT2D eigenvalue weighted by molar-refractivity contribution is 6.05. The van der Waals surface area contributed by atoms with Crippen molar-refractivity contribution in [1.82, 2.24) is 0 Å². The van der Waals surface area contributed by atoms with E-state index in [0.29, 0.717) is 12.2 Å². The molecule has 2 amide bonds. The van der Waals surface area contributed by atoms with E-state index in [1.165, 1.54) is 0 Å². The highest BCUT2D eigenvalue weighted by Crippen LogP contribution is 2.32. The summed E-state index contributed by atoms with van der Waals surface area (Å²) in [6.45, 7) is 4.81. The minimum Gasteiger partial charge on any atom is -0.358 e. The Labute approximate surface area is 183 Å². The molecule has 158 valence electrons. The fourth-order valence-electron chi connectivity index (χ4n) is 4.07. The van der Waals surface area contributed by atoms with E-state index in [1.54, 1.807) is 4.90 Å². The highest BCUT2D eigenvalue weighted by atomic mass is 16.2. The lowest BCUT2D eigenvalue weighted by Gasteiger charge is -2.32. The Bertz CT molecular complexity index is 1080. The summed E-state index contributed by atoms with van der Waals surface area (Å²) >= 11 is 0. The monoisotopic (exact) mass is 413 g/mol. The largest absolute Gasteiger partial charge is 0.358 e. The normalized spacial score (nSPS) is 15.6. The maximum Gasteiger partial charge on any atom is 0.246 e. The molecule has 0 aromatic heterocycles. The first-order chi connectivity index (χ1) is 15.0. The molecule has 5 nitrogen and oxygen atoms in total. The third kappa shape index (κ3) is 4.77. The van der Waals surface area contributed by atoms with Crippen LogP contribution >= 0.6 is 0 Å². The van der Waals surface area contributed by atoms with Gasteiger partial charge in [-0.25, -0.2) is 0 Å². The summed E-state index contributed by atoms with van der Waals surface area (Å²) in [6, 6.07) is 25.6. The number of carbonyl (C=O) groups excluding carboxylic acids is 2. The molecule has 0 fully saturated rings. The van der Waals surface area contributed by atoms with Crippen molar-refractivity contribution in [2.45, 2.75) is 32.9 Å². The van der Waals surface area contributed by atoms with E-state index in [2.05, 4.69) is 41.4 Å². The second-order valence-corrected chi connectivity index (χ2v) is 8.06. The lowest BCUT2D eigenvalue weighted by molar-refractivity contribution is -0.118. The van der Waals surface area contributed by atoms with Gasteiger partial charge >= 0.3 is 0 Å². The van der Waals surface area contributed by atoms with Crippen LogP contribution in [0.1, 0.15) is 24.5 Å². The van der Waals surface area contributed by atoms with E-state index in [9.17, 15) is 9.59 Å². The van der Waals surface area contributed by atoms with Crippen LogP contribution in [-0.4, -0.2) is 24.4 Å². The Morgan fingerprint density at radius 2 is 1.77 bits per heavy atom. The smallest absolute Gasteiger partial charge is 0.246 e. The molecule has 0 saturated carbocycles. The molecular formula is C26H27N3O2. The second kappa shape index (κ2) is 9.04. The fourth-order valence-corrected chi connectivity index (χ4v) is 4.07. The van der Waals surface area contributed by atoms with Crippen molar-refractivity contribution in [3.05, 3.63) is 90.0 Å². The molecule has 1 unspecified atom stereocenters. The Morgan fingerprint density at radius 1 is 1.03 bits per heavy atom. The number of amides is 2. The van der Waals surface area contributed by atoms with Crippen LogP contribution in [0.15, 0.2) is 78.9 Å². The lowest BCUT2D eigenvalue weighted by Crippen LogP contribution is -2.45. The Balaban J connectivity index is 1.66. The van der Waals surface area contributed by atoms with Crippen LogP contribution in [0, 0.1) is 6.92 Å². The van der Waals surface area contributed by atoms with Gasteiger partial charge in [0, 0.05) is 24.7 Å². The minimum absolute atomic E-state index is 0.0334. The zero-order valence-corrected chi connectivity index (χ0v) is 17.9. The maximum absolute atomic E-state index is 13.6. The van der Waals surface area contributed by atoms with Crippen molar-refractivity contribution in [3.63, 3.8) is 0 Å². The molecule has 0 radical (unpaired) electrons. The predicted molar refractivity (Wildman–Crippen MR) is 125 cm³/mol. The van der Waals surface area contributed by atoms with Crippen molar-refractivity contribution < 1.29 is 9.59 Å². The van der Waals surface area contributed by atoms with E-state index in [0.717, 1.165) is 22.5 Å². The number of fused-ring (bicyclic) bond motifs is 1. The molecule has 0 spiro atoms. The number of benzene rings is 3. The fraction of sp³-hybridized carbons (Fsp3) is 0.231. The van der Waals surface area contributed by atoms with Crippen molar-refractivity contribution in [1.29, 1.82) is 0 Å². The van der Waals surface area contributed by atoms with Gasteiger partial charge in [-0.2, -0.15) is 0 Å². The first kappa shape index (κ1) is 20.7. The van der Waals surface area contributed by atoms with Gasteiger partial charge in [0.15, 0.2) is 0 Å². The Hall–Kier alpha value is -3.60. The van der Waals surface area contributed by atoms with Crippen LogP contribution in [0.3, 0.4) is 0 Å². The topological polar surface area (TPSA) is 52.7 Å². The van der Waals surface area contributed by atoms with E-state index in [-0.39, 0.29) is 30.8 Å². The van der Waals surface area contributed by atoms with Gasteiger partial charge in [-0.3, -0.25) is 9.59 Å². The predicted octanol–water partition coefficient (Wildman–Crippen LogP) is 4.77. The summed E-state index contributed by atoms with van der Waals surface area (Å²) < 4.78 is 0. The van der Waals surface area contributed by atoms with Crippen LogP contribution in [0.4, 0.5) is 17.1 Å². The van der Waals surface area contributed by atoms with Gasteiger partial charge in [-0.05, 0) is 49.2 Å². The third-order valence-corrected chi connectivity index (χ3v) is 5.54. The summed E-state index contributed by atoms with van der Waals surface area (Å²) in [5, 5.41) is 2.92. The van der Waals surface area contributed by atoms with Gasteiger partial charge in [0.05, 0.1) is 17.9 Å². The van der Waals surface area contributed by atoms with E-state index in [1.807, 2.05) is 61.5 Å². The molecule has 0 bridgehead atoms. The maximum atomic E-state index is 13.6. The van der Waals surface area contributed by atoms with E-state index in [4.69, 9.17) is 0 Å². The zero-order valence-electron chi connectivity index (χ0n) is 17.9. The van der Waals surface area contributed by atoms with Crippen LogP contribution in [0.25, 0.3) is 0 Å². The third-order valence-electron chi connectivity index (χ3n) is 5.54. The average Bonchev–Trinajstić information content (AvgIpc) is 2.88. The molecule has 3 aromatic carbocycles. The van der Waals surface area contributed by atoms with Crippen molar-refractivity contribution in [2.24, 2.45) is 0 Å². The molecule has 4 rings (SSSR count). The molecule has 0 aliphatic carbocycles. The van der Waals surface area contributed by atoms with Crippen LogP contribution in [0.2, 0.25) is 0 Å². The first-order valence-electron chi connectivity index (χ1n) is 10.6. The first-order valence-corrected chi connectivity index (χ1v) is 10.6. The molecule has 31 heavy (non-hydrogen) atoms. The van der Waals surface area contributed by atoms with Crippen LogP contribution < -0.4 is 15.1 Å². The second-order valence-electron chi connectivity index (χ2n) is 8.06. The number of nitrogens with zero attached hydrogens (tertiary/aromatic N) is 2. The molecule has 1 aliphatic heterocycles. The molecule has 3 aromatic rings. The summed E-state index contributed by atoms with van der Waals surface area (Å²) in [7, 11) is 0. The van der Waals surface area contributed by atoms with Gasteiger partial charge in [0.25, 0.3) is 0 Å². The number of hydrogen-bond donors (Lipinski definition) is 1. The molecule has 1 N–H and O–H groups in total. The molecule has 1 atom stereocenters. The number of anilines is 3. The quantitative estimate of drug-likeness (QED) is 0.656. The lowest BCUT2D eigenvalue weighted by atomic mass is 10.1. The zero-order chi connectivity index (χ0) is 21.8. The van der Waals surface area contributed by atoms with Crippen molar-refractivity contribution >= 4 is 28.9 Å². The van der Waals surface area contributed by atoms with Gasteiger partial charge < -0.3 is 15.1 Å². The van der Waals surface area contributed by atoms with Gasteiger partial charge in [0.1, 0.15) is 0 Å². The molecule has 0 saturated heterocycles. The number of carbonyl (C=O) groups is 2. The summed E-state index contributed by atoms with van der Waals surface area (Å²) in [4.78, 5) is 29.8. The van der Waals surface area contributed by atoms with Crippen LogP contribution in [-0.2, 0) is 16.1 Å². The van der Waals surface area contributed by atoms with Gasteiger partial charge in [-0.1, -0.05) is 54.6 Å². The SMILES string of the molecule is Cc1cccc(N(CC(=O)N2c3ccccc3NC(=O)CC2C)Cc2ccccc2)c1. The summed E-state index contributed by atoms with van der Waals surface area (Å²) in [5.74, 6) is -0.107. The Kier molecular flexibility index (Phi) is 6.03. The Morgan fingerprint density at radius 3 is 2.55 bits per heavy atom. The average molecular weight is 414 g/mol. The van der Waals surface area contributed by atoms with E-state index < -0.39 is 0 Å². The molecule has 1 heterocycles. The number of para-hydroxylation sites is 2. The standard InChI is InChI=1S/C26H27N3O2/c1-19-9-8-12-22(15-19)28(17-21-10-4-3-5-11-21)18-26(31)29-20(2)16-25(30)27-23-13-6-7-14-24(23)29/h3-15,20H,16-18H2,1-2H3,(H,27,30). The minimum atomic E-state index is -0.229. The summed E-state index contributed by atoms with van der Waals surface area (Å²) in [5.41, 5.74) is 4.71. The number of rotatable bonds is 5. The van der Waals surface area contributed by atoms with Crippen LogP contribution in [0.5, 0.6) is 0 Å². The van der Waals surface area contributed by atoms with Crippen molar-refractivity contribution in [2.75, 3.05) is 21.7 Å². The molecule has 1 aliphatic rings. The summed E-state index contributed by atoms with van der Waals surface area (Å²) in [6.07, 6.45) is 0.267. The van der Waals surface area contributed by atoms with Gasteiger partial charge in [0.2, 0.25) is 11.8 Å². The number of aryl methyl sites for hydroxylation is 1. The van der Waals surface area contributed by atoms with Crippen molar-refractivity contribution in [3.8, 4) is 0 Å². The number of nitrogens with one attached hydrogen (secondary N) is 1. The molecule has 5 heteroatoms. The number of hydrogen-bond acceptors (Lipinski definition) is 3. The molecular weight excluding hydrogens is 386 g/mol. The van der Waals surface area contributed by atoms with Gasteiger partial charge in [-0.15, -0.1) is 0 Å². The highest BCUT2D eigenvalue weighted by Gasteiger charge is 2.30.